The maximum atomic E-state index is 16.5. The van der Waals surface area contributed by atoms with Gasteiger partial charge in [0, 0.05) is 54.8 Å². The van der Waals surface area contributed by atoms with Crippen LogP contribution in [0.3, 0.4) is 0 Å². The van der Waals surface area contributed by atoms with E-state index in [9.17, 15) is 22.8 Å². The minimum Gasteiger partial charge on any atom is -0.465 e. The van der Waals surface area contributed by atoms with E-state index >= 15 is 8.78 Å². The molecule has 5 rings (SSSR count). The van der Waals surface area contributed by atoms with Gasteiger partial charge in [-0.1, -0.05) is 6.07 Å². The van der Waals surface area contributed by atoms with Crippen molar-refractivity contribution in [3.8, 4) is 0 Å². The van der Waals surface area contributed by atoms with Gasteiger partial charge >= 0.3 is 12.1 Å². The number of halogens is 5. The van der Waals surface area contributed by atoms with E-state index in [2.05, 4.69) is 4.98 Å². The molecule has 0 spiro atoms. The average Bonchev–Trinajstić information content (AvgIpc) is 3.59. The summed E-state index contributed by atoms with van der Waals surface area (Å²) < 4.78 is 85.7. The molecule has 0 saturated carbocycles. The smallest absolute Gasteiger partial charge is 0.415 e. The summed E-state index contributed by atoms with van der Waals surface area (Å²) in [5.41, 5.74) is 0.367. The normalized spacial score (nSPS) is 20.6. The van der Waals surface area contributed by atoms with Crippen LogP contribution in [0.2, 0.25) is 0 Å². The minimum absolute atomic E-state index is 0.0730. The fourth-order valence-corrected chi connectivity index (χ4v) is 6.94. The summed E-state index contributed by atoms with van der Waals surface area (Å²) >= 11 is 0. The lowest BCUT2D eigenvalue weighted by molar-refractivity contribution is -0.0374. The molecule has 262 valence electrons. The molecule has 0 bridgehead atoms. The second-order valence-electron chi connectivity index (χ2n) is 13.9. The van der Waals surface area contributed by atoms with Gasteiger partial charge in [-0.25, -0.2) is 27.2 Å². The average molecular weight is 679 g/mol. The Bertz CT molecular complexity index is 1640. The van der Waals surface area contributed by atoms with Gasteiger partial charge in [-0.15, -0.1) is 0 Å². The van der Waals surface area contributed by atoms with Crippen molar-refractivity contribution in [1.29, 1.82) is 0 Å². The molecule has 3 aromatic rings. The monoisotopic (exact) mass is 678 g/mol. The molecule has 48 heavy (non-hydrogen) atoms. The second-order valence-corrected chi connectivity index (χ2v) is 13.9. The number of hydrogen-bond donors (Lipinski definition) is 1. The Labute approximate surface area is 277 Å². The topological polar surface area (TPSA) is 78.1 Å². The second kappa shape index (κ2) is 13.7. The lowest BCUT2D eigenvalue weighted by Gasteiger charge is -2.42. The first-order chi connectivity index (χ1) is 22.5. The third kappa shape index (κ3) is 7.46. The molecule has 1 saturated heterocycles. The SMILES string of the molecule is COC(=O)c1ccc2c3c([nH]c2c1)[C@@H](c1c(F)cc(N(C(=O)OC(C)(C)C)[C@H]2CCN(CCCF)C2)cc1F)N(CC(C)(F)F)[C@H](C)C3. The first-order valence-electron chi connectivity index (χ1n) is 16.2. The van der Waals surface area contributed by atoms with Crippen LogP contribution in [0.25, 0.3) is 10.9 Å². The molecule has 0 unspecified atom stereocenters. The molecule has 3 atom stereocenters. The molecule has 1 amide bonds. The molecule has 2 aromatic carbocycles. The highest BCUT2D eigenvalue weighted by Gasteiger charge is 2.43. The van der Waals surface area contributed by atoms with Crippen molar-refractivity contribution in [2.75, 3.05) is 44.9 Å². The number of esters is 1. The van der Waals surface area contributed by atoms with Gasteiger partial charge < -0.3 is 19.4 Å². The fraction of sp³-hybridized carbons (Fsp3) is 0.543. The van der Waals surface area contributed by atoms with Crippen LogP contribution in [0.15, 0.2) is 30.3 Å². The number of aromatic amines is 1. The number of carbonyl (C=O) groups excluding carboxylic acids is 2. The number of carbonyl (C=O) groups is 2. The van der Waals surface area contributed by atoms with E-state index in [1.165, 1.54) is 16.9 Å². The Morgan fingerprint density at radius 2 is 1.77 bits per heavy atom. The molecule has 13 heteroatoms. The van der Waals surface area contributed by atoms with E-state index in [-0.39, 0.29) is 11.3 Å². The van der Waals surface area contributed by atoms with Gasteiger partial charge in [0.05, 0.1) is 43.7 Å². The van der Waals surface area contributed by atoms with Gasteiger partial charge in [0.25, 0.3) is 5.92 Å². The zero-order chi connectivity index (χ0) is 35.1. The minimum atomic E-state index is -3.19. The number of ether oxygens (including phenoxy) is 2. The van der Waals surface area contributed by atoms with Crippen LogP contribution >= 0.6 is 0 Å². The number of rotatable bonds is 9. The highest BCUT2D eigenvalue weighted by atomic mass is 19.3. The first kappa shape index (κ1) is 35.6. The van der Waals surface area contributed by atoms with Gasteiger partial charge in [0.1, 0.15) is 17.2 Å². The van der Waals surface area contributed by atoms with Gasteiger partial charge in [0.2, 0.25) is 0 Å². The zero-order valence-corrected chi connectivity index (χ0v) is 28.1. The van der Waals surface area contributed by atoms with Crippen molar-refractivity contribution in [2.45, 2.75) is 83.5 Å². The highest BCUT2D eigenvalue weighted by molar-refractivity contribution is 5.96. The van der Waals surface area contributed by atoms with Gasteiger partial charge in [0.15, 0.2) is 0 Å². The molecular weight excluding hydrogens is 635 g/mol. The van der Waals surface area contributed by atoms with Crippen LogP contribution in [0.5, 0.6) is 0 Å². The Morgan fingerprint density at radius 1 is 1.08 bits per heavy atom. The lowest BCUT2D eigenvalue weighted by atomic mass is 9.87. The van der Waals surface area contributed by atoms with Crippen molar-refractivity contribution < 1.29 is 41.0 Å². The van der Waals surface area contributed by atoms with E-state index in [1.54, 1.807) is 45.9 Å². The third-order valence-corrected chi connectivity index (χ3v) is 8.92. The highest BCUT2D eigenvalue weighted by Crippen LogP contribution is 2.44. The number of H-pyrrole nitrogens is 1. The van der Waals surface area contributed by atoms with Crippen molar-refractivity contribution in [2.24, 2.45) is 0 Å². The molecule has 0 radical (unpaired) electrons. The molecule has 1 N–H and O–H groups in total. The standard InChI is InChI=1S/C35H43F5N4O4/c1-20-14-25-24-9-8-21(32(45)47-6)15-28(24)41-30(25)31(43(20)19-35(5,39)40)29-26(37)16-23(17-27(29)38)44(33(46)48-34(2,3)4)22-10-13-42(18-22)12-7-11-36/h8-9,15-17,20,22,31,41H,7,10-14,18-19H2,1-6H3/t20-,22+,31-/m1/s1. The maximum absolute atomic E-state index is 16.5. The molecule has 1 aromatic heterocycles. The van der Waals surface area contributed by atoms with E-state index < -0.39 is 72.1 Å². The summed E-state index contributed by atoms with van der Waals surface area (Å²) in [5, 5.41) is 0.699. The Hall–Kier alpha value is -3.71. The third-order valence-electron chi connectivity index (χ3n) is 8.92. The summed E-state index contributed by atoms with van der Waals surface area (Å²) in [6.45, 7) is 7.67. The van der Waals surface area contributed by atoms with Crippen LogP contribution in [0.1, 0.15) is 80.7 Å². The van der Waals surface area contributed by atoms with Gasteiger partial charge in [-0.05, 0) is 76.8 Å². The van der Waals surface area contributed by atoms with Crippen LogP contribution in [0.4, 0.5) is 32.4 Å². The number of nitrogens with one attached hydrogen (secondary N) is 1. The number of anilines is 1. The number of fused-ring (bicyclic) bond motifs is 3. The van der Waals surface area contributed by atoms with Crippen LogP contribution < -0.4 is 4.90 Å². The Morgan fingerprint density at radius 3 is 2.38 bits per heavy atom. The van der Waals surface area contributed by atoms with E-state index in [0.717, 1.165) is 19.1 Å². The zero-order valence-electron chi connectivity index (χ0n) is 28.1. The van der Waals surface area contributed by atoms with Crippen molar-refractivity contribution in [3.05, 3.63) is 64.4 Å². The van der Waals surface area contributed by atoms with Gasteiger partial charge in [-0.3, -0.25) is 14.2 Å². The summed E-state index contributed by atoms with van der Waals surface area (Å²) in [6.07, 6.45) is 0.323. The number of nitrogens with zero attached hydrogens (tertiary/aromatic N) is 3. The summed E-state index contributed by atoms with van der Waals surface area (Å²) in [7, 11) is 1.25. The lowest BCUT2D eigenvalue weighted by Crippen LogP contribution is -2.48. The predicted molar refractivity (Wildman–Crippen MR) is 172 cm³/mol. The molecule has 8 nitrogen and oxygen atoms in total. The van der Waals surface area contributed by atoms with Crippen LogP contribution in [0, 0.1) is 11.6 Å². The van der Waals surface area contributed by atoms with Crippen molar-refractivity contribution in [3.63, 3.8) is 0 Å². The summed E-state index contributed by atoms with van der Waals surface area (Å²) in [6, 6.07) is 4.62. The fourth-order valence-electron chi connectivity index (χ4n) is 6.94. The Kier molecular flexibility index (Phi) is 10.1. The van der Waals surface area contributed by atoms with Crippen molar-refractivity contribution in [1.82, 2.24) is 14.8 Å². The maximum Gasteiger partial charge on any atom is 0.415 e. The quantitative estimate of drug-likeness (QED) is 0.188. The van der Waals surface area contributed by atoms with E-state index in [0.29, 0.717) is 61.1 Å². The number of hydrogen-bond acceptors (Lipinski definition) is 6. The van der Waals surface area contributed by atoms with E-state index in [1.807, 2.05) is 4.90 Å². The number of alkyl halides is 3. The first-order valence-corrected chi connectivity index (χ1v) is 16.2. The molecule has 3 heterocycles. The van der Waals surface area contributed by atoms with Crippen LogP contribution in [-0.2, 0) is 15.9 Å². The number of amides is 1. The largest absolute Gasteiger partial charge is 0.465 e. The van der Waals surface area contributed by atoms with E-state index in [4.69, 9.17) is 9.47 Å². The van der Waals surface area contributed by atoms with Crippen LogP contribution in [-0.4, -0.2) is 90.4 Å². The number of aromatic nitrogens is 1. The number of likely N-dealkylation sites (tertiary alicyclic amines) is 1. The summed E-state index contributed by atoms with van der Waals surface area (Å²) in [5.74, 6) is -5.80. The summed E-state index contributed by atoms with van der Waals surface area (Å²) in [4.78, 5) is 33.5. The number of benzene rings is 2. The molecule has 2 aliphatic rings. The molecule has 1 fully saturated rings. The molecule has 0 aliphatic carbocycles. The van der Waals surface area contributed by atoms with Gasteiger partial charge in [-0.2, -0.15) is 0 Å². The molecule has 2 aliphatic heterocycles. The number of methoxy groups -OCH3 is 1. The Balaban J connectivity index is 1.62. The molecular formula is C35H43F5N4O4. The van der Waals surface area contributed by atoms with Crippen molar-refractivity contribution >= 4 is 28.7 Å². The predicted octanol–water partition coefficient (Wildman–Crippen LogP) is 7.40.